The third kappa shape index (κ3) is 3.88. The first kappa shape index (κ1) is 14.8. The minimum absolute atomic E-state index is 0.0775. The number of rotatable bonds is 6. The van der Waals surface area contributed by atoms with Gasteiger partial charge in [0.2, 0.25) is 0 Å². The molecule has 0 spiro atoms. The van der Waals surface area contributed by atoms with Gasteiger partial charge in [0.25, 0.3) is 5.91 Å². The van der Waals surface area contributed by atoms with Crippen LogP contribution in [0.15, 0.2) is 16.7 Å². The van der Waals surface area contributed by atoms with Gasteiger partial charge in [-0.05, 0) is 34.8 Å². The Morgan fingerprint density at radius 1 is 1.61 bits per heavy atom. The molecular formula is C13H18BrN3O. The standard InChI is InChI=1S/C13H18BrN3O/c1-3-7-17-9-10(14)8-12(17)13(18)16-11(4-2)5-6-15/h8-9,11H,3-5,7H2,1-2H3,(H,16,18). The smallest absolute Gasteiger partial charge is 0.268 e. The lowest BCUT2D eigenvalue weighted by Crippen LogP contribution is -2.35. The summed E-state index contributed by atoms with van der Waals surface area (Å²) in [4.78, 5) is 12.1. The summed E-state index contributed by atoms with van der Waals surface area (Å²) in [5, 5.41) is 11.6. The maximum Gasteiger partial charge on any atom is 0.268 e. The van der Waals surface area contributed by atoms with Crippen LogP contribution in [0.3, 0.4) is 0 Å². The number of aromatic nitrogens is 1. The van der Waals surface area contributed by atoms with Crippen LogP contribution in [0.2, 0.25) is 0 Å². The maximum atomic E-state index is 12.1. The molecule has 0 saturated carbocycles. The number of amides is 1. The summed E-state index contributed by atoms with van der Waals surface area (Å²) in [5.41, 5.74) is 0.639. The van der Waals surface area contributed by atoms with Crippen molar-refractivity contribution in [3.05, 3.63) is 22.4 Å². The van der Waals surface area contributed by atoms with Crippen molar-refractivity contribution in [2.24, 2.45) is 0 Å². The first-order chi connectivity index (χ1) is 8.62. The number of aryl methyl sites for hydroxylation is 1. The lowest BCUT2D eigenvalue weighted by Gasteiger charge is -2.14. The second-order valence-electron chi connectivity index (χ2n) is 4.18. The van der Waals surface area contributed by atoms with Crippen molar-refractivity contribution >= 4 is 21.8 Å². The maximum absolute atomic E-state index is 12.1. The Bertz CT molecular complexity index is 448. The average Bonchev–Trinajstić information content (AvgIpc) is 2.70. The number of hydrogen-bond acceptors (Lipinski definition) is 2. The molecule has 18 heavy (non-hydrogen) atoms. The van der Waals surface area contributed by atoms with E-state index in [4.69, 9.17) is 5.26 Å². The number of carbonyl (C=O) groups is 1. The van der Waals surface area contributed by atoms with Gasteiger partial charge in [0.05, 0.1) is 12.5 Å². The molecule has 0 aliphatic heterocycles. The summed E-state index contributed by atoms with van der Waals surface area (Å²) in [6.45, 7) is 4.84. The topological polar surface area (TPSA) is 57.8 Å². The summed E-state index contributed by atoms with van der Waals surface area (Å²) in [5.74, 6) is -0.115. The van der Waals surface area contributed by atoms with Crippen LogP contribution in [0.25, 0.3) is 0 Å². The highest BCUT2D eigenvalue weighted by Gasteiger charge is 2.16. The fourth-order valence-corrected chi connectivity index (χ4v) is 2.22. The van der Waals surface area contributed by atoms with Gasteiger partial charge in [0.1, 0.15) is 5.69 Å². The second kappa shape index (κ2) is 7.22. The van der Waals surface area contributed by atoms with Gasteiger partial charge in [-0.1, -0.05) is 13.8 Å². The normalized spacial score (nSPS) is 11.9. The number of nitrogens with zero attached hydrogens (tertiary/aromatic N) is 2. The molecule has 0 saturated heterocycles. The van der Waals surface area contributed by atoms with Gasteiger partial charge in [0, 0.05) is 23.3 Å². The molecule has 0 radical (unpaired) electrons. The van der Waals surface area contributed by atoms with E-state index >= 15 is 0 Å². The molecule has 1 amide bonds. The van der Waals surface area contributed by atoms with Crippen LogP contribution in [0.5, 0.6) is 0 Å². The molecule has 98 valence electrons. The molecule has 0 fully saturated rings. The molecule has 1 N–H and O–H groups in total. The van der Waals surface area contributed by atoms with Crippen LogP contribution in [0, 0.1) is 11.3 Å². The van der Waals surface area contributed by atoms with Gasteiger partial charge in [-0.3, -0.25) is 4.79 Å². The third-order valence-electron chi connectivity index (χ3n) is 2.73. The van der Waals surface area contributed by atoms with Crippen LogP contribution < -0.4 is 5.32 Å². The average molecular weight is 312 g/mol. The molecule has 1 rings (SSSR count). The number of hydrogen-bond donors (Lipinski definition) is 1. The second-order valence-corrected chi connectivity index (χ2v) is 5.09. The monoisotopic (exact) mass is 311 g/mol. The largest absolute Gasteiger partial charge is 0.347 e. The van der Waals surface area contributed by atoms with Crippen LogP contribution in [0.4, 0.5) is 0 Å². The van der Waals surface area contributed by atoms with Crippen LogP contribution >= 0.6 is 15.9 Å². The number of halogens is 1. The van der Waals surface area contributed by atoms with Crippen LogP contribution in [0.1, 0.15) is 43.6 Å². The quantitative estimate of drug-likeness (QED) is 0.877. The van der Waals surface area contributed by atoms with E-state index in [2.05, 4.69) is 34.2 Å². The van der Waals surface area contributed by atoms with E-state index in [9.17, 15) is 4.79 Å². The van der Waals surface area contributed by atoms with Crippen molar-refractivity contribution in [1.82, 2.24) is 9.88 Å². The molecule has 1 atom stereocenters. The van der Waals surface area contributed by atoms with Crippen molar-refractivity contribution < 1.29 is 4.79 Å². The summed E-state index contributed by atoms with van der Waals surface area (Å²) in [7, 11) is 0. The molecule has 1 unspecified atom stereocenters. The van der Waals surface area contributed by atoms with E-state index in [0.29, 0.717) is 12.1 Å². The summed E-state index contributed by atoms with van der Waals surface area (Å²) >= 11 is 3.38. The fraction of sp³-hybridized carbons (Fsp3) is 0.538. The van der Waals surface area contributed by atoms with Gasteiger partial charge < -0.3 is 9.88 Å². The molecule has 0 aliphatic rings. The van der Waals surface area contributed by atoms with E-state index in [1.807, 2.05) is 23.8 Å². The molecule has 0 bridgehead atoms. The van der Waals surface area contributed by atoms with Gasteiger partial charge >= 0.3 is 0 Å². The Hall–Kier alpha value is -1.28. The summed E-state index contributed by atoms with van der Waals surface area (Å²) < 4.78 is 2.83. The third-order valence-corrected chi connectivity index (χ3v) is 3.16. The van der Waals surface area contributed by atoms with Crippen molar-refractivity contribution in [3.63, 3.8) is 0 Å². The number of carbonyl (C=O) groups excluding carboxylic acids is 1. The molecule has 1 aromatic rings. The zero-order chi connectivity index (χ0) is 13.5. The van der Waals surface area contributed by atoms with E-state index in [1.54, 1.807) is 0 Å². The molecule has 1 heterocycles. The van der Waals surface area contributed by atoms with Crippen molar-refractivity contribution in [1.29, 1.82) is 5.26 Å². The zero-order valence-corrected chi connectivity index (χ0v) is 12.3. The minimum atomic E-state index is -0.115. The first-order valence-electron chi connectivity index (χ1n) is 6.15. The van der Waals surface area contributed by atoms with E-state index in [-0.39, 0.29) is 11.9 Å². The molecular weight excluding hydrogens is 294 g/mol. The Morgan fingerprint density at radius 2 is 2.33 bits per heavy atom. The number of nitriles is 1. The van der Waals surface area contributed by atoms with Crippen molar-refractivity contribution in [2.75, 3.05) is 0 Å². The zero-order valence-electron chi connectivity index (χ0n) is 10.7. The summed E-state index contributed by atoms with van der Waals surface area (Å²) in [6.07, 6.45) is 3.98. The predicted octanol–water partition coefficient (Wildman–Crippen LogP) is 3.08. The Morgan fingerprint density at radius 3 is 2.89 bits per heavy atom. The highest BCUT2D eigenvalue weighted by molar-refractivity contribution is 9.10. The van der Waals surface area contributed by atoms with Gasteiger partial charge in [-0.15, -0.1) is 0 Å². The minimum Gasteiger partial charge on any atom is -0.347 e. The van der Waals surface area contributed by atoms with Crippen LogP contribution in [-0.2, 0) is 6.54 Å². The van der Waals surface area contributed by atoms with Gasteiger partial charge in [0.15, 0.2) is 0 Å². The van der Waals surface area contributed by atoms with Gasteiger partial charge in [-0.2, -0.15) is 5.26 Å². The first-order valence-corrected chi connectivity index (χ1v) is 6.95. The highest BCUT2D eigenvalue weighted by Crippen LogP contribution is 2.16. The molecule has 5 heteroatoms. The molecule has 0 aromatic carbocycles. The Labute approximate surface area is 116 Å². The fourth-order valence-electron chi connectivity index (χ4n) is 1.76. The Kier molecular flexibility index (Phi) is 5.93. The molecule has 1 aromatic heterocycles. The van der Waals surface area contributed by atoms with E-state index in [1.165, 1.54) is 0 Å². The molecule has 0 aliphatic carbocycles. The van der Waals surface area contributed by atoms with Crippen molar-refractivity contribution in [3.8, 4) is 6.07 Å². The number of nitrogens with one attached hydrogen (secondary N) is 1. The SMILES string of the molecule is CCCn1cc(Br)cc1C(=O)NC(CC)CC#N. The lowest BCUT2D eigenvalue weighted by atomic mass is 10.1. The van der Waals surface area contributed by atoms with Gasteiger partial charge in [-0.25, -0.2) is 0 Å². The predicted molar refractivity (Wildman–Crippen MR) is 74.2 cm³/mol. The van der Waals surface area contributed by atoms with E-state index in [0.717, 1.165) is 23.9 Å². The highest BCUT2D eigenvalue weighted by atomic mass is 79.9. The van der Waals surface area contributed by atoms with Crippen molar-refractivity contribution in [2.45, 2.75) is 45.7 Å². The lowest BCUT2D eigenvalue weighted by molar-refractivity contribution is 0.0927. The van der Waals surface area contributed by atoms with Crippen LogP contribution in [-0.4, -0.2) is 16.5 Å². The Balaban J connectivity index is 2.80. The van der Waals surface area contributed by atoms with E-state index < -0.39 is 0 Å². The molecule has 4 nitrogen and oxygen atoms in total. The summed E-state index contributed by atoms with van der Waals surface area (Å²) in [6, 6.07) is 3.82.